The van der Waals surface area contributed by atoms with E-state index in [2.05, 4.69) is 41.2 Å². The average molecular weight is 322 g/mol. The maximum Gasteiger partial charge on any atom is 0.159 e. The number of rotatable bonds is 7. The zero-order valence-corrected chi connectivity index (χ0v) is 15.0. The third-order valence-electron chi connectivity index (χ3n) is 5.27. The van der Waals surface area contributed by atoms with E-state index in [9.17, 15) is 0 Å². The molecule has 24 heavy (non-hydrogen) atoms. The molecule has 1 aliphatic rings. The second kappa shape index (κ2) is 8.96. The second-order valence-corrected chi connectivity index (χ2v) is 7.18. The normalized spacial score (nSPS) is 15.5. The highest BCUT2D eigenvalue weighted by molar-refractivity contribution is 5.55. The zero-order valence-electron chi connectivity index (χ0n) is 15.0. The SMILES string of the molecule is CCCCCCc1cnc(-c2ccc(C3CCCCC3)cc2)nc1. The van der Waals surface area contributed by atoms with Crippen molar-refractivity contribution in [3.8, 4) is 11.4 Å². The Bertz CT molecular complexity index is 595. The Kier molecular flexibility index (Phi) is 6.40. The Morgan fingerprint density at radius 3 is 2.25 bits per heavy atom. The van der Waals surface area contributed by atoms with Crippen LogP contribution in [-0.4, -0.2) is 9.97 Å². The molecule has 2 heteroatoms. The van der Waals surface area contributed by atoms with Crippen LogP contribution in [0.5, 0.6) is 0 Å². The number of unbranched alkanes of at least 4 members (excludes halogenated alkanes) is 3. The monoisotopic (exact) mass is 322 g/mol. The third kappa shape index (κ3) is 4.66. The molecule has 1 fully saturated rings. The molecule has 0 N–H and O–H groups in total. The predicted octanol–water partition coefficient (Wildman–Crippen LogP) is 6.31. The maximum atomic E-state index is 4.58. The summed E-state index contributed by atoms with van der Waals surface area (Å²) in [7, 11) is 0. The number of hydrogen-bond donors (Lipinski definition) is 0. The topological polar surface area (TPSA) is 25.8 Å². The molecule has 0 unspecified atom stereocenters. The fourth-order valence-electron chi connectivity index (χ4n) is 3.73. The Morgan fingerprint density at radius 2 is 1.58 bits per heavy atom. The molecule has 2 nitrogen and oxygen atoms in total. The summed E-state index contributed by atoms with van der Waals surface area (Å²) < 4.78 is 0. The molecule has 1 aromatic carbocycles. The highest BCUT2D eigenvalue weighted by Gasteiger charge is 2.15. The van der Waals surface area contributed by atoms with E-state index >= 15 is 0 Å². The Hall–Kier alpha value is -1.70. The van der Waals surface area contributed by atoms with Crippen molar-refractivity contribution in [2.75, 3.05) is 0 Å². The van der Waals surface area contributed by atoms with E-state index in [1.54, 1.807) is 0 Å². The van der Waals surface area contributed by atoms with Gasteiger partial charge in [-0.05, 0) is 42.7 Å². The van der Waals surface area contributed by atoms with E-state index in [0.29, 0.717) is 0 Å². The molecule has 0 bridgehead atoms. The zero-order chi connectivity index (χ0) is 16.6. The molecule has 3 rings (SSSR count). The van der Waals surface area contributed by atoms with Crippen LogP contribution >= 0.6 is 0 Å². The van der Waals surface area contributed by atoms with Gasteiger partial charge in [-0.15, -0.1) is 0 Å². The van der Waals surface area contributed by atoms with E-state index in [1.165, 1.54) is 68.9 Å². The van der Waals surface area contributed by atoms with Crippen LogP contribution in [0.4, 0.5) is 0 Å². The highest BCUT2D eigenvalue weighted by atomic mass is 14.9. The van der Waals surface area contributed by atoms with Crippen molar-refractivity contribution in [3.05, 3.63) is 47.8 Å². The van der Waals surface area contributed by atoms with E-state index in [-0.39, 0.29) is 0 Å². The van der Waals surface area contributed by atoms with Crippen LogP contribution in [0.2, 0.25) is 0 Å². The van der Waals surface area contributed by atoms with Gasteiger partial charge in [0.25, 0.3) is 0 Å². The van der Waals surface area contributed by atoms with Gasteiger partial charge >= 0.3 is 0 Å². The number of benzene rings is 1. The van der Waals surface area contributed by atoms with Gasteiger partial charge in [0.1, 0.15) is 0 Å². The van der Waals surface area contributed by atoms with Gasteiger partial charge in [0.15, 0.2) is 5.82 Å². The van der Waals surface area contributed by atoms with E-state index in [1.807, 2.05) is 12.4 Å². The average Bonchev–Trinajstić information content (AvgIpc) is 2.67. The van der Waals surface area contributed by atoms with Gasteiger partial charge in [-0.25, -0.2) is 9.97 Å². The Balaban J connectivity index is 1.59. The second-order valence-electron chi connectivity index (χ2n) is 7.18. The lowest BCUT2D eigenvalue weighted by Gasteiger charge is -2.22. The largest absolute Gasteiger partial charge is 0.236 e. The molecule has 0 atom stereocenters. The smallest absolute Gasteiger partial charge is 0.159 e. The first-order valence-electron chi connectivity index (χ1n) is 9.78. The summed E-state index contributed by atoms with van der Waals surface area (Å²) >= 11 is 0. The molecule has 0 spiro atoms. The van der Waals surface area contributed by atoms with Crippen molar-refractivity contribution < 1.29 is 0 Å². The van der Waals surface area contributed by atoms with Crippen molar-refractivity contribution in [2.24, 2.45) is 0 Å². The summed E-state index contributed by atoms with van der Waals surface area (Å²) in [6.45, 7) is 2.25. The Labute approximate surface area is 146 Å². The minimum absolute atomic E-state index is 0.763. The summed E-state index contributed by atoms with van der Waals surface area (Å²) in [4.78, 5) is 9.16. The van der Waals surface area contributed by atoms with Gasteiger partial charge in [0.2, 0.25) is 0 Å². The van der Waals surface area contributed by atoms with Crippen LogP contribution in [0, 0.1) is 0 Å². The lowest BCUT2D eigenvalue weighted by molar-refractivity contribution is 0.443. The first kappa shape index (κ1) is 17.1. The molecule has 2 aromatic rings. The van der Waals surface area contributed by atoms with Gasteiger partial charge in [0.05, 0.1) is 0 Å². The molecule has 0 saturated heterocycles. The number of aryl methyl sites for hydroxylation is 1. The number of aromatic nitrogens is 2. The lowest BCUT2D eigenvalue weighted by atomic mass is 9.84. The molecule has 1 aromatic heterocycles. The molecule has 1 saturated carbocycles. The number of hydrogen-bond acceptors (Lipinski definition) is 2. The highest BCUT2D eigenvalue weighted by Crippen LogP contribution is 2.33. The van der Waals surface area contributed by atoms with E-state index in [0.717, 1.165) is 23.7 Å². The van der Waals surface area contributed by atoms with Crippen molar-refractivity contribution in [1.82, 2.24) is 9.97 Å². The van der Waals surface area contributed by atoms with E-state index in [4.69, 9.17) is 0 Å². The van der Waals surface area contributed by atoms with E-state index < -0.39 is 0 Å². The predicted molar refractivity (Wildman–Crippen MR) is 101 cm³/mol. The fraction of sp³-hybridized carbons (Fsp3) is 0.545. The van der Waals surface area contributed by atoms with Crippen molar-refractivity contribution in [3.63, 3.8) is 0 Å². The summed E-state index contributed by atoms with van der Waals surface area (Å²) in [6, 6.07) is 8.96. The first-order chi connectivity index (χ1) is 11.9. The standard InChI is InChI=1S/C22H30N2/c1-2-3-4-6-9-18-16-23-22(24-17-18)21-14-12-20(13-15-21)19-10-7-5-8-11-19/h12-17,19H,2-11H2,1H3. The summed E-state index contributed by atoms with van der Waals surface area (Å²) in [5.41, 5.74) is 3.88. The third-order valence-corrected chi connectivity index (χ3v) is 5.27. The van der Waals surface area contributed by atoms with Crippen molar-refractivity contribution in [1.29, 1.82) is 0 Å². The van der Waals surface area contributed by atoms with Crippen LogP contribution < -0.4 is 0 Å². The fourth-order valence-corrected chi connectivity index (χ4v) is 3.73. The molecular weight excluding hydrogens is 292 g/mol. The van der Waals surface area contributed by atoms with Gasteiger partial charge < -0.3 is 0 Å². The molecule has 1 aliphatic carbocycles. The van der Waals surface area contributed by atoms with Gasteiger partial charge in [-0.1, -0.05) is 69.7 Å². The molecule has 128 valence electrons. The summed E-state index contributed by atoms with van der Waals surface area (Å²) in [5, 5.41) is 0. The molecule has 1 heterocycles. The molecule has 0 amide bonds. The summed E-state index contributed by atoms with van der Waals surface area (Å²) in [6.07, 6.45) is 17.1. The molecule has 0 aliphatic heterocycles. The van der Waals surface area contributed by atoms with Crippen molar-refractivity contribution >= 4 is 0 Å². The van der Waals surface area contributed by atoms with Crippen LogP contribution in [-0.2, 0) is 6.42 Å². The van der Waals surface area contributed by atoms with Crippen LogP contribution in [0.25, 0.3) is 11.4 Å². The molecular formula is C22H30N2. The van der Waals surface area contributed by atoms with Gasteiger partial charge in [-0.3, -0.25) is 0 Å². The minimum Gasteiger partial charge on any atom is -0.236 e. The minimum atomic E-state index is 0.763. The summed E-state index contributed by atoms with van der Waals surface area (Å²) in [5.74, 6) is 1.61. The number of nitrogens with zero attached hydrogens (tertiary/aromatic N) is 2. The van der Waals surface area contributed by atoms with Gasteiger partial charge in [0, 0.05) is 18.0 Å². The quantitative estimate of drug-likeness (QED) is 0.558. The lowest BCUT2D eigenvalue weighted by Crippen LogP contribution is -2.04. The van der Waals surface area contributed by atoms with Crippen LogP contribution in [0.3, 0.4) is 0 Å². The van der Waals surface area contributed by atoms with Crippen molar-refractivity contribution in [2.45, 2.75) is 77.0 Å². The Morgan fingerprint density at radius 1 is 0.875 bits per heavy atom. The van der Waals surface area contributed by atoms with Crippen LogP contribution in [0.1, 0.15) is 81.8 Å². The first-order valence-corrected chi connectivity index (χ1v) is 9.78. The maximum absolute atomic E-state index is 4.58. The van der Waals surface area contributed by atoms with Gasteiger partial charge in [-0.2, -0.15) is 0 Å². The van der Waals surface area contributed by atoms with Crippen LogP contribution in [0.15, 0.2) is 36.7 Å². The molecule has 0 radical (unpaired) electrons.